The fourth-order valence-corrected chi connectivity index (χ4v) is 3.75. The van der Waals surface area contributed by atoms with Crippen LogP contribution in [0.25, 0.3) is 22.3 Å². The number of nitrogens with zero attached hydrogens (tertiary/aromatic N) is 2. The summed E-state index contributed by atoms with van der Waals surface area (Å²) in [6.45, 7) is 5.57. The van der Waals surface area contributed by atoms with E-state index in [9.17, 15) is 4.79 Å². The van der Waals surface area contributed by atoms with Crippen molar-refractivity contribution in [3.63, 3.8) is 0 Å². The van der Waals surface area contributed by atoms with E-state index in [1.165, 1.54) is 11.1 Å². The fourth-order valence-electron chi connectivity index (χ4n) is 3.60. The van der Waals surface area contributed by atoms with Gasteiger partial charge in [0.15, 0.2) is 5.65 Å². The van der Waals surface area contributed by atoms with E-state index in [-0.39, 0.29) is 0 Å². The lowest BCUT2D eigenvalue weighted by Gasteiger charge is -2.21. The maximum Gasteiger partial charge on any atom is 0.420 e. The van der Waals surface area contributed by atoms with Gasteiger partial charge in [-0.2, -0.15) is 0 Å². The van der Waals surface area contributed by atoms with Gasteiger partial charge < -0.3 is 4.74 Å². The molecule has 0 amide bonds. The van der Waals surface area contributed by atoms with Crippen molar-refractivity contribution in [1.82, 2.24) is 9.55 Å². The number of hydrogen-bond donors (Lipinski definition) is 0. The molecule has 134 valence electrons. The minimum Gasteiger partial charge on any atom is -0.443 e. The largest absolute Gasteiger partial charge is 0.443 e. The number of halogens is 1. The van der Waals surface area contributed by atoms with Crippen LogP contribution < -0.4 is 0 Å². The van der Waals surface area contributed by atoms with Crippen LogP contribution in [0.3, 0.4) is 0 Å². The first-order valence-electron chi connectivity index (χ1n) is 8.86. The van der Waals surface area contributed by atoms with Gasteiger partial charge in [0.05, 0.1) is 5.69 Å². The Hall–Kier alpha value is -2.33. The molecule has 0 fully saturated rings. The summed E-state index contributed by atoms with van der Waals surface area (Å²) in [7, 11) is 0. The van der Waals surface area contributed by atoms with Gasteiger partial charge in [0.2, 0.25) is 0 Å². The van der Waals surface area contributed by atoms with Gasteiger partial charge >= 0.3 is 6.09 Å². The van der Waals surface area contributed by atoms with E-state index in [2.05, 4.69) is 23.2 Å². The fraction of sp³-hybridized carbons (Fsp3) is 0.333. The topological polar surface area (TPSA) is 44.1 Å². The van der Waals surface area contributed by atoms with Crippen LogP contribution in [0, 0.1) is 0 Å². The van der Waals surface area contributed by atoms with Crippen molar-refractivity contribution in [2.45, 2.75) is 45.6 Å². The molecule has 0 bridgehead atoms. The van der Waals surface area contributed by atoms with Crippen molar-refractivity contribution in [1.29, 1.82) is 0 Å². The van der Waals surface area contributed by atoms with Gasteiger partial charge in [-0.15, -0.1) is 0 Å². The quantitative estimate of drug-likeness (QED) is 0.523. The van der Waals surface area contributed by atoms with Crippen LogP contribution in [-0.2, 0) is 17.6 Å². The molecule has 5 heteroatoms. The molecule has 0 radical (unpaired) electrons. The first-order valence-corrected chi connectivity index (χ1v) is 9.24. The SMILES string of the molecule is CC(C)(C)OC(=O)n1c(-c2cccc3c2CCC3)cc2ccc(Cl)nc21. The van der Waals surface area contributed by atoms with E-state index in [0.29, 0.717) is 10.8 Å². The Morgan fingerprint density at radius 1 is 1.19 bits per heavy atom. The third kappa shape index (κ3) is 2.99. The van der Waals surface area contributed by atoms with Gasteiger partial charge in [-0.3, -0.25) is 0 Å². The van der Waals surface area contributed by atoms with E-state index in [1.54, 1.807) is 10.6 Å². The Kier molecular flexibility index (Phi) is 4.03. The normalized spacial score (nSPS) is 13.8. The molecule has 1 aromatic carbocycles. The molecule has 0 saturated heterocycles. The Morgan fingerprint density at radius 2 is 2.00 bits per heavy atom. The Balaban J connectivity index is 1.97. The molecule has 26 heavy (non-hydrogen) atoms. The lowest BCUT2D eigenvalue weighted by atomic mass is 10.0. The molecule has 4 nitrogen and oxygen atoms in total. The van der Waals surface area contributed by atoms with Crippen molar-refractivity contribution < 1.29 is 9.53 Å². The summed E-state index contributed by atoms with van der Waals surface area (Å²) in [6.07, 6.45) is 2.81. The molecule has 2 aromatic heterocycles. The Labute approximate surface area is 157 Å². The Morgan fingerprint density at radius 3 is 2.77 bits per heavy atom. The number of ether oxygens (including phenoxy) is 1. The Bertz CT molecular complexity index is 1010. The molecule has 1 aliphatic rings. The maximum absolute atomic E-state index is 13.0. The maximum atomic E-state index is 13.0. The number of aryl methyl sites for hydroxylation is 1. The first kappa shape index (κ1) is 17.1. The van der Waals surface area contributed by atoms with Crippen LogP contribution in [0.1, 0.15) is 38.3 Å². The number of benzene rings is 1. The third-order valence-corrected chi connectivity index (χ3v) is 4.82. The molecule has 0 atom stereocenters. The zero-order chi connectivity index (χ0) is 18.5. The minimum absolute atomic E-state index is 0.352. The predicted molar refractivity (Wildman–Crippen MR) is 104 cm³/mol. The molecule has 3 aromatic rings. The molecule has 4 rings (SSSR count). The van der Waals surface area contributed by atoms with Crippen LogP contribution in [0.5, 0.6) is 0 Å². The summed E-state index contributed by atoms with van der Waals surface area (Å²) in [5, 5.41) is 1.22. The number of fused-ring (bicyclic) bond motifs is 2. The average molecular weight is 369 g/mol. The predicted octanol–water partition coefficient (Wildman–Crippen LogP) is 5.63. The zero-order valence-electron chi connectivity index (χ0n) is 15.2. The highest BCUT2D eigenvalue weighted by molar-refractivity contribution is 6.29. The van der Waals surface area contributed by atoms with Gasteiger partial charge in [-0.25, -0.2) is 14.3 Å². The van der Waals surface area contributed by atoms with Crippen LogP contribution in [-0.4, -0.2) is 21.2 Å². The summed E-state index contributed by atoms with van der Waals surface area (Å²) in [6, 6.07) is 11.9. The van der Waals surface area contributed by atoms with E-state index in [0.717, 1.165) is 35.9 Å². The van der Waals surface area contributed by atoms with Crippen molar-refractivity contribution in [3.8, 4) is 11.3 Å². The van der Waals surface area contributed by atoms with Gasteiger partial charge in [0.25, 0.3) is 0 Å². The number of carbonyl (C=O) groups is 1. The lowest BCUT2D eigenvalue weighted by Crippen LogP contribution is -2.27. The van der Waals surface area contributed by atoms with Crippen molar-refractivity contribution in [3.05, 3.63) is 52.7 Å². The number of rotatable bonds is 1. The summed E-state index contributed by atoms with van der Waals surface area (Å²) in [5.74, 6) is 0. The smallest absolute Gasteiger partial charge is 0.420 e. The van der Waals surface area contributed by atoms with Crippen molar-refractivity contribution >= 4 is 28.7 Å². The monoisotopic (exact) mass is 368 g/mol. The molecule has 0 unspecified atom stereocenters. The summed E-state index contributed by atoms with van der Waals surface area (Å²) >= 11 is 6.10. The van der Waals surface area contributed by atoms with Crippen LogP contribution >= 0.6 is 11.6 Å². The third-order valence-electron chi connectivity index (χ3n) is 4.61. The highest BCUT2D eigenvalue weighted by atomic mass is 35.5. The summed E-state index contributed by atoms with van der Waals surface area (Å²) in [4.78, 5) is 17.4. The average Bonchev–Trinajstić information content (AvgIpc) is 3.16. The van der Waals surface area contributed by atoms with Crippen LogP contribution in [0.2, 0.25) is 5.15 Å². The van der Waals surface area contributed by atoms with Crippen LogP contribution in [0.15, 0.2) is 36.4 Å². The summed E-state index contributed by atoms with van der Waals surface area (Å²) in [5.41, 5.74) is 4.48. The molecule has 0 spiro atoms. The summed E-state index contributed by atoms with van der Waals surface area (Å²) < 4.78 is 7.21. The number of hydrogen-bond acceptors (Lipinski definition) is 3. The second-order valence-corrected chi connectivity index (χ2v) is 8.08. The molecule has 0 saturated carbocycles. The highest BCUT2D eigenvalue weighted by Gasteiger charge is 2.26. The number of carbonyl (C=O) groups excluding carboxylic acids is 1. The second kappa shape index (κ2) is 6.13. The molecule has 0 aliphatic heterocycles. The van der Waals surface area contributed by atoms with Gasteiger partial charge in [0.1, 0.15) is 10.8 Å². The highest BCUT2D eigenvalue weighted by Crippen LogP contribution is 2.36. The molecule has 1 aliphatic carbocycles. The van der Waals surface area contributed by atoms with Crippen molar-refractivity contribution in [2.24, 2.45) is 0 Å². The molecular formula is C21H21ClN2O2. The minimum atomic E-state index is -0.595. The molecule has 2 heterocycles. The van der Waals surface area contributed by atoms with E-state index in [4.69, 9.17) is 16.3 Å². The van der Waals surface area contributed by atoms with E-state index >= 15 is 0 Å². The zero-order valence-corrected chi connectivity index (χ0v) is 15.9. The van der Waals surface area contributed by atoms with E-state index in [1.807, 2.05) is 32.9 Å². The molecular weight excluding hydrogens is 348 g/mol. The second-order valence-electron chi connectivity index (χ2n) is 7.69. The number of pyridine rings is 1. The van der Waals surface area contributed by atoms with Gasteiger partial charge in [-0.05, 0) is 69.4 Å². The van der Waals surface area contributed by atoms with E-state index < -0.39 is 11.7 Å². The molecule has 0 N–H and O–H groups in total. The first-order chi connectivity index (χ1) is 12.3. The number of aromatic nitrogens is 2. The van der Waals surface area contributed by atoms with Gasteiger partial charge in [0, 0.05) is 10.9 Å². The van der Waals surface area contributed by atoms with Crippen molar-refractivity contribution in [2.75, 3.05) is 0 Å². The van der Waals surface area contributed by atoms with Crippen LogP contribution in [0.4, 0.5) is 4.79 Å². The lowest BCUT2D eigenvalue weighted by molar-refractivity contribution is 0.0546. The standard InChI is InChI=1S/C21H21ClN2O2/c1-21(2,3)26-20(25)24-17(12-14-10-11-18(22)23-19(14)24)16-9-5-7-13-6-4-8-15(13)16/h5,7,9-12H,4,6,8H2,1-3H3. The van der Waals surface area contributed by atoms with Gasteiger partial charge in [-0.1, -0.05) is 29.8 Å².